The van der Waals surface area contributed by atoms with E-state index in [-0.39, 0.29) is 29.8 Å². The van der Waals surface area contributed by atoms with Crippen LogP contribution in [0.1, 0.15) is 19.4 Å². The maximum Gasteiger partial charge on any atom is 0.269 e. The van der Waals surface area contributed by atoms with Crippen LogP contribution in [0.2, 0.25) is 0 Å². The van der Waals surface area contributed by atoms with E-state index in [1.54, 1.807) is 31.2 Å². The molecule has 7 nitrogen and oxygen atoms in total. The minimum Gasteiger partial charge on any atom is -0.325 e. The van der Waals surface area contributed by atoms with Gasteiger partial charge >= 0.3 is 0 Å². The number of hydrogen-bond donors (Lipinski definition) is 1. The number of benzene rings is 1. The minimum absolute atomic E-state index is 0.00331. The van der Waals surface area contributed by atoms with Crippen molar-refractivity contribution >= 4 is 23.2 Å². The van der Waals surface area contributed by atoms with E-state index in [4.69, 9.17) is 0 Å². The van der Waals surface area contributed by atoms with Gasteiger partial charge in [0.05, 0.1) is 17.1 Å². The SMILES string of the molecule is CC1=C(C)C2C=CC(=NC(=O)Cc3ccc([N+](=O)[O-])cc3)C=C2NC1=O. The smallest absolute Gasteiger partial charge is 0.269 e. The molecule has 1 unspecified atom stereocenters. The summed E-state index contributed by atoms with van der Waals surface area (Å²) in [6.07, 6.45) is 5.42. The molecule has 2 aliphatic rings. The number of rotatable bonds is 3. The number of carbonyl (C=O) groups excluding carboxylic acids is 2. The van der Waals surface area contributed by atoms with Gasteiger partial charge in [-0.1, -0.05) is 23.8 Å². The molecule has 132 valence electrons. The highest BCUT2D eigenvalue weighted by Gasteiger charge is 2.27. The van der Waals surface area contributed by atoms with Gasteiger partial charge in [0.15, 0.2) is 0 Å². The van der Waals surface area contributed by atoms with E-state index in [0.717, 1.165) is 5.57 Å². The Morgan fingerprint density at radius 1 is 1.27 bits per heavy atom. The molecule has 7 heteroatoms. The van der Waals surface area contributed by atoms with Gasteiger partial charge in [-0.3, -0.25) is 19.7 Å². The van der Waals surface area contributed by atoms with E-state index in [0.29, 0.717) is 22.5 Å². The van der Waals surface area contributed by atoms with Crippen LogP contribution in [0.5, 0.6) is 0 Å². The summed E-state index contributed by atoms with van der Waals surface area (Å²) in [4.78, 5) is 38.3. The second-order valence-corrected chi connectivity index (χ2v) is 6.23. The molecule has 0 bridgehead atoms. The molecule has 0 radical (unpaired) electrons. The summed E-state index contributed by atoms with van der Waals surface area (Å²) < 4.78 is 0. The number of nitro groups is 1. The molecule has 26 heavy (non-hydrogen) atoms. The molecule has 1 aromatic carbocycles. The molecule has 0 fully saturated rings. The van der Waals surface area contributed by atoms with Gasteiger partial charge in [0, 0.05) is 29.3 Å². The van der Waals surface area contributed by atoms with Crippen molar-refractivity contribution in [1.82, 2.24) is 5.32 Å². The van der Waals surface area contributed by atoms with E-state index < -0.39 is 4.92 Å². The second-order valence-electron chi connectivity index (χ2n) is 6.23. The molecule has 1 aromatic rings. The molecule has 0 spiro atoms. The number of hydrogen-bond acceptors (Lipinski definition) is 4. The number of amides is 2. The van der Waals surface area contributed by atoms with Gasteiger partial charge in [0.1, 0.15) is 0 Å². The quantitative estimate of drug-likeness (QED) is 0.668. The molecule has 0 saturated heterocycles. The molecule has 1 aliphatic heterocycles. The normalized spacial score (nSPS) is 20.5. The zero-order chi connectivity index (χ0) is 18.8. The first kappa shape index (κ1) is 17.5. The van der Waals surface area contributed by atoms with E-state index in [2.05, 4.69) is 10.3 Å². The Balaban J connectivity index is 1.74. The number of nitro benzene ring substituents is 1. The Morgan fingerprint density at radius 2 is 1.96 bits per heavy atom. The monoisotopic (exact) mass is 351 g/mol. The fourth-order valence-corrected chi connectivity index (χ4v) is 2.89. The predicted molar refractivity (Wildman–Crippen MR) is 96.5 cm³/mol. The van der Waals surface area contributed by atoms with Gasteiger partial charge in [-0.25, -0.2) is 4.99 Å². The lowest BCUT2D eigenvalue weighted by Crippen LogP contribution is -2.35. The van der Waals surface area contributed by atoms with Crippen LogP contribution in [-0.4, -0.2) is 22.4 Å². The number of allylic oxidation sites excluding steroid dienone is 3. The fourth-order valence-electron chi connectivity index (χ4n) is 2.89. The van der Waals surface area contributed by atoms with Crippen LogP contribution in [0.3, 0.4) is 0 Å². The summed E-state index contributed by atoms with van der Waals surface area (Å²) >= 11 is 0. The topological polar surface area (TPSA) is 102 Å². The number of nitrogens with zero attached hydrogens (tertiary/aromatic N) is 2. The Bertz CT molecular complexity index is 921. The Hall–Kier alpha value is -3.35. The van der Waals surface area contributed by atoms with Gasteiger partial charge in [0.25, 0.3) is 17.5 Å². The van der Waals surface area contributed by atoms with Gasteiger partial charge in [-0.15, -0.1) is 0 Å². The van der Waals surface area contributed by atoms with E-state index in [9.17, 15) is 19.7 Å². The van der Waals surface area contributed by atoms with Crippen molar-refractivity contribution < 1.29 is 14.5 Å². The third-order valence-electron chi connectivity index (χ3n) is 4.51. The Labute approximate surface area is 150 Å². The molecule has 0 aromatic heterocycles. The Kier molecular flexibility index (Phi) is 4.62. The maximum atomic E-state index is 12.2. The summed E-state index contributed by atoms with van der Waals surface area (Å²) in [5, 5.41) is 13.5. The lowest BCUT2D eigenvalue weighted by atomic mass is 9.85. The average molecular weight is 351 g/mol. The highest BCUT2D eigenvalue weighted by molar-refractivity contribution is 6.11. The zero-order valence-corrected chi connectivity index (χ0v) is 14.4. The minimum atomic E-state index is -0.488. The van der Waals surface area contributed by atoms with Crippen LogP contribution in [-0.2, 0) is 16.0 Å². The number of fused-ring (bicyclic) bond motifs is 1. The van der Waals surface area contributed by atoms with Crippen molar-refractivity contribution in [2.45, 2.75) is 20.3 Å². The van der Waals surface area contributed by atoms with Crippen LogP contribution >= 0.6 is 0 Å². The molecule has 1 atom stereocenters. The Morgan fingerprint density at radius 3 is 2.62 bits per heavy atom. The van der Waals surface area contributed by atoms with Crippen LogP contribution in [0.15, 0.2) is 64.3 Å². The van der Waals surface area contributed by atoms with Crippen LogP contribution < -0.4 is 5.32 Å². The summed E-state index contributed by atoms with van der Waals surface area (Å²) in [5.41, 5.74) is 3.48. The summed E-state index contributed by atoms with van der Waals surface area (Å²) in [5.74, 6) is -0.507. The molecule has 2 amide bonds. The lowest BCUT2D eigenvalue weighted by Gasteiger charge is -2.28. The lowest BCUT2D eigenvalue weighted by molar-refractivity contribution is -0.384. The molecule has 0 saturated carbocycles. The molecule has 1 aliphatic carbocycles. The van der Waals surface area contributed by atoms with Crippen LogP contribution in [0.25, 0.3) is 0 Å². The van der Waals surface area contributed by atoms with Crippen LogP contribution in [0, 0.1) is 16.0 Å². The highest BCUT2D eigenvalue weighted by atomic mass is 16.6. The number of nitrogens with one attached hydrogen (secondary N) is 1. The van der Waals surface area contributed by atoms with Gasteiger partial charge in [-0.05, 0) is 31.6 Å². The van der Waals surface area contributed by atoms with E-state index in [1.807, 2.05) is 13.0 Å². The molecule has 1 heterocycles. The van der Waals surface area contributed by atoms with Crippen molar-refractivity contribution in [3.8, 4) is 0 Å². The van der Waals surface area contributed by atoms with Gasteiger partial charge in [0.2, 0.25) is 0 Å². The fraction of sp³-hybridized carbons (Fsp3) is 0.211. The van der Waals surface area contributed by atoms with Crippen molar-refractivity contribution in [3.05, 3.63) is 75.0 Å². The summed E-state index contributed by atoms with van der Waals surface area (Å²) in [7, 11) is 0. The number of non-ortho nitro benzene ring substituents is 1. The first-order chi connectivity index (χ1) is 12.3. The van der Waals surface area contributed by atoms with Gasteiger partial charge < -0.3 is 5.32 Å². The molecule has 3 rings (SSSR count). The van der Waals surface area contributed by atoms with Crippen molar-refractivity contribution in [3.63, 3.8) is 0 Å². The van der Waals surface area contributed by atoms with E-state index >= 15 is 0 Å². The van der Waals surface area contributed by atoms with Crippen molar-refractivity contribution in [2.24, 2.45) is 10.9 Å². The largest absolute Gasteiger partial charge is 0.325 e. The van der Waals surface area contributed by atoms with Crippen LogP contribution in [0.4, 0.5) is 5.69 Å². The number of aliphatic imine (C=N–C) groups is 1. The summed E-state index contributed by atoms with van der Waals surface area (Å²) in [6, 6.07) is 5.80. The predicted octanol–water partition coefficient (Wildman–Crippen LogP) is 2.64. The average Bonchev–Trinajstić information content (AvgIpc) is 2.60. The third kappa shape index (κ3) is 3.51. The number of carbonyl (C=O) groups is 2. The van der Waals surface area contributed by atoms with Gasteiger partial charge in [-0.2, -0.15) is 0 Å². The molecular weight excluding hydrogens is 334 g/mol. The third-order valence-corrected chi connectivity index (χ3v) is 4.51. The first-order valence-electron chi connectivity index (χ1n) is 8.08. The van der Waals surface area contributed by atoms with Crippen molar-refractivity contribution in [2.75, 3.05) is 0 Å². The highest BCUT2D eigenvalue weighted by Crippen LogP contribution is 2.29. The standard InChI is InChI=1S/C19H17N3O4/c1-11-12(2)19(24)21-17-10-14(5-8-16(11)17)20-18(23)9-13-3-6-15(7-4-13)22(25)26/h3-8,10,16H,9H2,1-2H3,(H,21,24). The van der Waals surface area contributed by atoms with Crippen molar-refractivity contribution in [1.29, 1.82) is 0 Å². The zero-order valence-electron chi connectivity index (χ0n) is 14.4. The second kappa shape index (κ2) is 6.87. The van der Waals surface area contributed by atoms with E-state index in [1.165, 1.54) is 12.1 Å². The first-order valence-corrected chi connectivity index (χ1v) is 8.08. The summed E-state index contributed by atoms with van der Waals surface area (Å²) in [6.45, 7) is 3.70. The molecular formula is C19H17N3O4. The maximum absolute atomic E-state index is 12.2. The molecule has 1 N–H and O–H groups in total.